The molecule has 4 aromatic rings. The van der Waals surface area contributed by atoms with Gasteiger partial charge in [0.15, 0.2) is 0 Å². The van der Waals surface area contributed by atoms with Crippen molar-refractivity contribution in [3.8, 4) is 5.75 Å². The number of ether oxygens (including phenoxy) is 1. The van der Waals surface area contributed by atoms with E-state index in [9.17, 15) is 18.0 Å². The lowest BCUT2D eigenvalue weighted by molar-refractivity contribution is -0.139. The quantitative estimate of drug-likeness (QED) is 0.221. The molecule has 1 N–H and O–H groups in total. The molecular weight excluding hydrogens is 598 g/mol. The first-order valence-corrected chi connectivity index (χ1v) is 15.9. The van der Waals surface area contributed by atoms with Crippen LogP contribution in [0.2, 0.25) is 5.02 Å². The first-order chi connectivity index (χ1) is 21.0. The summed E-state index contributed by atoms with van der Waals surface area (Å²) in [5.74, 6) is -0.729. The summed E-state index contributed by atoms with van der Waals surface area (Å²) in [4.78, 5) is 29.3. The lowest BCUT2D eigenvalue weighted by atomic mass is 10.0. The highest BCUT2D eigenvalue weighted by Gasteiger charge is 2.35. The van der Waals surface area contributed by atoms with Crippen molar-refractivity contribution in [3.05, 3.63) is 124 Å². The van der Waals surface area contributed by atoms with Gasteiger partial charge in [-0.15, -0.1) is 0 Å². The number of likely N-dealkylation sites (N-methyl/N-ethyl adjacent to an activating group) is 1. The number of carbonyl (C=O) groups is 2. The molecular formula is C34H36ClN3O5S. The second-order valence-electron chi connectivity index (χ2n) is 10.5. The van der Waals surface area contributed by atoms with E-state index in [0.29, 0.717) is 0 Å². The molecule has 1 atom stereocenters. The van der Waals surface area contributed by atoms with Gasteiger partial charge in [-0.3, -0.25) is 13.9 Å². The maximum Gasteiger partial charge on any atom is 0.264 e. The Morgan fingerprint density at radius 3 is 2.18 bits per heavy atom. The number of anilines is 1. The van der Waals surface area contributed by atoms with E-state index < -0.39 is 28.5 Å². The van der Waals surface area contributed by atoms with Gasteiger partial charge < -0.3 is 15.0 Å². The van der Waals surface area contributed by atoms with E-state index in [1.165, 1.54) is 37.3 Å². The Kier molecular flexibility index (Phi) is 10.7. The van der Waals surface area contributed by atoms with Crippen molar-refractivity contribution < 1.29 is 22.7 Å². The summed E-state index contributed by atoms with van der Waals surface area (Å²) < 4.78 is 34.9. The maximum absolute atomic E-state index is 14.5. The van der Waals surface area contributed by atoms with E-state index in [1.54, 1.807) is 24.3 Å². The Morgan fingerprint density at radius 1 is 0.864 bits per heavy atom. The average Bonchev–Trinajstić information content (AvgIpc) is 3.01. The molecule has 0 aliphatic rings. The number of rotatable bonds is 12. The molecule has 230 valence electrons. The number of nitrogens with zero attached hydrogens (tertiary/aromatic N) is 2. The molecule has 0 bridgehead atoms. The summed E-state index contributed by atoms with van der Waals surface area (Å²) >= 11 is 6.33. The van der Waals surface area contributed by atoms with Gasteiger partial charge in [0.2, 0.25) is 11.8 Å². The molecule has 0 fully saturated rings. The highest BCUT2D eigenvalue weighted by molar-refractivity contribution is 7.92. The minimum atomic E-state index is -4.29. The average molecular weight is 634 g/mol. The zero-order valence-electron chi connectivity index (χ0n) is 25.2. The van der Waals surface area contributed by atoms with Gasteiger partial charge >= 0.3 is 0 Å². The molecule has 4 aromatic carbocycles. The molecule has 0 spiro atoms. The van der Waals surface area contributed by atoms with Gasteiger partial charge in [0.1, 0.15) is 18.3 Å². The van der Waals surface area contributed by atoms with Gasteiger partial charge in [0.05, 0.1) is 17.7 Å². The molecule has 4 rings (SSSR count). The number of nitrogens with one attached hydrogen (secondary N) is 1. The fourth-order valence-electron chi connectivity index (χ4n) is 4.94. The largest absolute Gasteiger partial charge is 0.495 e. The minimum Gasteiger partial charge on any atom is -0.495 e. The van der Waals surface area contributed by atoms with Gasteiger partial charge in [-0.2, -0.15) is 0 Å². The number of halogens is 1. The molecule has 0 aliphatic carbocycles. The van der Waals surface area contributed by atoms with Crippen molar-refractivity contribution in [1.82, 2.24) is 10.2 Å². The van der Waals surface area contributed by atoms with Crippen molar-refractivity contribution in [3.63, 3.8) is 0 Å². The van der Waals surface area contributed by atoms with E-state index in [2.05, 4.69) is 5.32 Å². The second-order valence-corrected chi connectivity index (χ2v) is 12.8. The molecule has 0 radical (unpaired) electrons. The number of hydrogen-bond acceptors (Lipinski definition) is 5. The van der Waals surface area contributed by atoms with E-state index >= 15 is 0 Å². The first kappa shape index (κ1) is 32.6. The first-order valence-electron chi connectivity index (χ1n) is 14.1. The third-order valence-electron chi connectivity index (χ3n) is 7.25. The molecule has 10 heteroatoms. The summed E-state index contributed by atoms with van der Waals surface area (Å²) in [6.45, 7) is 3.27. The SMILES string of the molecule is CNC(=O)C(Cc1ccccc1)N(Cc1cccc(C)c1)C(=O)CN(c1cc(Cl)ccc1OC)S(=O)(=O)c1ccc(C)cc1. The van der Waals surface area contributed by atoms with E-state index in [4.69, 9.17) is 16.3 Å². The minimum absolute atomic E-state index is 0.00435. The number of aryl methyl sites for hydroxylation is 2. The summed E-state index contributed by atoms with van der Waals surface area (Å²) in [5, 5.41) is 2.95. The maximum atomic E-state index is 14.5. The van der Waals surface area contributed by atoms with Gasteiger partial charge in [0.25, 0.3) is 10.0 Å². The van der Waals surface area contributed by atoms with Crippen LogP contribution >= 0.6 is 11.6 Å². The van der Waals surface area contributed by atoms with Crippen LogP contribution in [0.15, 0.2) is 102 Å². The number of methoxy groups -OCH3 is 1. The number of benzene rings is 4. The van der Waals surface area contributed by atoms with Crippen LogP contribution in [-0.4, -0.2) is 51.9 Å². The van der Waals surface area contributed by atoms with Crippen LogP contribution in [-0.2, 0) is 32.6 Å². The standard InChI is InChI=1S/C34H36ClN3O5S/c1-24-13-16-29(17-14-24)44(41,42)38(30-21-28(35)15-18-32(30)43-4)23-33(39)37(22-27-12-8-9-25(2)19-27)31(34(40)36-3)20-26-10-6-5-7-11-26/h5-19,21,31H,20,22-23H2,1-4H3,(H,36,40). The Bertz CT molecular complexity index is 1710. The van der Waals surface area contributed by atoms with Gasteiger partial charge in [-0.1, -0.05) is 89.5 Å². The van der Waals surface area contributed by atoms with E-state index in [-0.39, 0.29) is 40.2 Å². The lowest BCUT2D eigenvalue weighted by Gasteiger charge is -2.34. The predicted octanol–water partition coefficient (Wildman–Crippen LogP) is 5.55. The van der Waals surface area contributed by atoms with Crippen LogP contribution in [0.25, 0.3) is 0 Å². The molecule has 0 aromatic heterocycles. The van der Waals surface area contributed by atoms with Crippen LogP contribution in [0, 0.1) is 13.8 Å². The van der Waals surface area contributed by atoms with E-state index in [1.807, 2.05) is 68.4 Å². The van der Waals surface area contributed by atoms with Crippen molar-refractivity contribution in [2.45, 2.75) is 37.8 Å². The van der Waals surface area contributed by atoms with Crippen molar-refractivity contribution in [2.75, 3.05) is 25.0 Å². The molecule has 44 heavy (non-hydrogen) atoms. The molecule has 1 unspecified atom stereocenters. The summed E-state index contributed by atoms with van der Waals surface area (Å²) in [5.41, 5.74) is 3.62. The highest BCUT2D eigenvalue weighted by Crippen LogP contribution is 2.35. The van der Waals surface area contributed by atoms with Crippen LogP contribution in [0.5, 0.6) is 5.75 Å². The van der Waals surface area contributed by atoms with Crippen LogP contribution in [0.4, 0.5) is 5.69 Å². The number of amides is 2. The lowest BCUT2D eigenvalue weighted by Crippen LogP contribution is -2.53. The second kappa shape index (κ2) is 14.4. The van der Waals surface area contributed by atoms with Crippen LogP contribution in [0.3, 0.4) is 0 Å². The van der Waals surface area contributed by atoms with E-state index in [0.717, 1.165) is 26.6 Å². The topological polar surface area (TPSA) is 96.0 Å². The zero-order chi connectivity index (χ0) is 31.9. The summed E-state index contributed by atoms with van der Waals surface area (Å²) in [6.07, 6.45) is 0.225. The third kappa shape index (κ3) is 7.78. The Hall–Kier alpha value is -4.34. The zero-order valence-corrected chi connectivity index (χ0v) is 26.7. The van der Waals surface area contributed by atoms with Gasteiger partial charge in [-0.25, -0.2) is 8.42 Å². The normalized spacial score (nSPS) is 11.8. The highest BCUT2D eigenvalue weighted by atomic mass is 35.5. The molecule has 0 saturated carbocycles. The van der Waals surface area contributed by atoms with Crippen molar-refractivity contribution >= 4 is 39.1 Å². The smallest absolute Gasteiger partial charge is 0.264 e. The molecule has 2 amide bonds. The van der Waals surface area contributed by atoms with Crippen LogP contribution in [0.1, 0.15) is 22.3 Å². The monoisotopic (exact) mass is 633 g/mol. The number of carbonyl (C=O) groups excluding carboxylic acids is 2. The van der Waals surface area contributed by atoms with Gasteiger partial charge in [0, 0.05) is 25.0 Å². The Labute approximate surface area is 264 Å². The molecule has 8 nitrogen and oxygen atoms in total. The Morgan fingerprint density at radius 2 is 1.55 bits per heavy atom. The summed E-state index contributed by atoms with van der Waals surface area (Å²) in [7, 11) is -1.36. The number of sulfonamides is 1. The van der Waals surface area contributed by atoms with Crippen molar-refractivity contribution in [2.24, 2.45) is 0 Å². The fourth-order valence-corrected chi connectivity index (χ4v) is 6.52. The molecule has 0 saturated heterocycles. The predicted molar refractivity (Wildman–Crippen MR) is 173 cm³/mol. The summed E-state index contributed by atoms with van der Waals surface area (Å²) in [6, 6.07) is 27.0. The van der Waals surface area contributed by atoms with Crippen LogP contribution < -0.4 is 14.4 Å². The number of hydrogen-bond donors (Lipinski definition) is 1. The fraction of sp³-hybridized carbons (Fsp3) is 0.235. The third-order valence-corrected chi connectivity index (χ3v) is 9.26. The molecule has 0 aliphatic heterocycles. The van der Waals surface area contributed by atoms with Crippen molar-refractivity contribution in [1.29, 1.82) is 0 Å². The Balaban J connectivity index is 1.84. The molecule has 0 heterocycles. The van der Waals surface area contributed by atoms with Gasteiger partial charge in [-0.05, 0) is 55.3 Å².